The minimum atomic E-state index is 0.333. The summed E-state index contributed by atoms with van der Waals surface area (Å²) in [5, 5.41) is 7.15. The molecule has 0 radical (unpaired) electrons. The topological polar surface area (TPSA) is 60.2 Å². The Balaban J connectivity index is 1.89. The second-order valence-corrected chi connectivity index (χ2v) is 5.80. The average Bonchev–Trinajstić information content (AvgIpc) is 2.91. The van der Waals surface area contributed by atoms with Crippen molar-refractivity contribution >= 4 is 0 Å². The van der Waals surface area contributed by atoms with E-state index in [0.29, 0.717) is 25.0 Å². The van der Waals surface area contributed by atoms with Gasteiger partial charge in [0.05, 0.1) is 13.0 Å². The molecule has 0 saturated carbocycles. The molecule has 5 nitrogen and oxygen atoms in total. The van der Waals surface area contributed by atoms with Crippen molar-refractivity contribution in [3.8, 4) is 5.75 Å². The van der Waals surface area contributed by atoms with Crippen LogP contribution in [0.2, 0.25) is 0 Å². The molecule has 0 aliphatic carbocycles. The van der Waals surface area contributed by atoms with Gasteiger partial charge in [-0.2, -0.15) is 4.98 Å². The Morgan fingerprint density at radius 2 is 2.05 bits per heavy atom. The van der Waals surface area contributed by atoms with Gasteiger partial charge in [-0.15, -0.1) is 0 Å². The fraction of sp³-hybridized carbons (Fsp3) is 0.529. The molecular formula is C17H25N3O2. The smallest absolute Gasteiger partial charge is 0.230 e. The lowest BCUT2D eigenvalue weighted by molar-refractivity contribution is 0.290. The van der Waals surface area contributed by atoms with E-state index in [1.807, 2.05) is 7.05 Å². The number of nitrogens with zero attached hydrogens (tertiary/aromatic N) is 2. The molecule has 0 aliphatic rings. The van der Waals surface area contributed by atoms with Crippen LogP contribution in [0.5, 0.6) is 5.75 Å². The van der Waals surface area contributed by atoms with Crippen molar-refractivity contribution in [2.75, 3.05) is 13.7 Å². The monoisotopic (exact) mass is 303 g/mol. The molecule has 0 bridgehead atoms. The highest BCUT2D eigenvalue weighted by Gasteiger charge is 2.10. The Morgan fingerprint density at radius 1 is 1.27 bits per heavy atom. The zero-order valence-corrected chi connectivity index (χ0v) is 14.1. The maximum atomic E-state index is 5.87. The first-order chi connectivity index (χ1) is 10.5. The number of likely N-dealkylation sites (N-methyl/N-ethyl adjacent to an activating group) is 1. The highest BCUT2D eigenvalue weighted by atomic mass is 16.5. The first kappa shape index (κ1) is 16.5. The number of aryl methyl sites for hydroxylation is 2. The van der Waals surface area contributed by atoms with Gasteiger partial charge >= 0.3 is 0 Å². The summed E-state index contributed by atoms with van der Waals surface area (Å²) in [6.45, 7) is 8.87. The van der Waals surface area contributed by atoms with Gasteiger partial charge in [0.2, 0.25) is 5.89 Å². The van der Waals surface area contributed by atoms with Crippen LogP contribution in [0.1, 0.15) is 35.3 Å². The Kier molecular flexibility index (Phi) is 5.55. The van der Waals surface area contributed by atoms with Gasteiger partial charge in [0.15, 0.2) is 5.82 Å². The van der Waals surface area contributed by atoms with Crippen molar-refractivity contribution in [1.29, 1.82) is 0 Å². The largest absolute Gasteiger partial charge is 0.493 e. The quantitative estimate of drug-likeness (QED) is 0.852. The highest BCUT2D eigenvalue weighted by molar-refractivity contribution is 5.41. The van der Waals surface area contributed by atoms with Gasteiger partial charge in [0.25, 0.3) is 0 Å². The van der Waals surface area contributed by atoms with E-state index in [1.165, 1.54) is 16.7 Å². The van der Waals surface area contributed by atoms with Crippen molar-refractivity contribution in [1.82, 2.24) is 15.5 Å². The van der Waals surface area contributed by atoms with Gasteiger partial charge in [-0.25, -0.2) is 0 Å². The first-order valence-electron chi connectivity index (χ1n) is 7.69. The standard InChI is InChI=1S/C17H25N3O2/c1-11-8-12(2)14(4)15(9-11)21-7-6-17-19-16(20-22-17)10-13(3)18-5/h8-9,13,18H,6-7,10H2,1-5H3. The van der Waals surface area contributed by atoms with Crippen LogP contribution >= 0.6 is 0 Å². The summed E-state index contributed by atoms with van der Waals surface area (Å²) in [6.07, 6.45) is 1.38. The molecule has 120 valence electrons. The summed E-state index contributed by atoms with van der Waals surface area (Å²) in [5.74, 6) is 2.29. The SMILES string of the molecule is CNC(C)Cc1noc(CCOc2cc(C)cc(C)c2C)n1. The Labute approximate surface area is 132 Å². The van der Waals surface area contributed by atoms with Crippen LogP contribution in [0, 0.1) is 20.8 Å². The van der Waals surface area contributed by atoms with E-state index in [-0.39, 0.29) is 0 Å². The number of hydrogen-bond acceptors (Lipinski definition) is 5. The molecule has 1 aromatic carbocycles. The lowest BCUT2D eigenvalue weighted by atomic mass is 10.1. The van der Waals surface area contributed by atoms with E-state index >= 15 is 0 Å². The fourth-order valence-electron chi connectivity index (χ4n) is 2.25. The van der Waals surface area contributed by atoms with Crippen LogP contribution in [0.3, 0.4) is 0 Å². The van der Waals surface area contributed by atoms with Crippen molar-refractivity contribution in [3.63, 3.8) is 0 Å². The molecule has 5 heteroatoms. The van der Waals surface area contributed by atoms with Crippen LogP contribution in [0.15, 0.2) is 16.7 Å². The minimum absolute atomic E-state index is 0.333. The van der Waals surface area contributed by atoms with Gasteiger partial charge in [0, 0.05) is 12.5 Å². The van der Waals surface area contributed by atoms with E-state index in [1.54, 1.807) is 0 Å². The molecule has 22 heavy (non-hydrogen) atoms. The third-order valence-electron chi connectivity index (χ3n) is 3.83. The number of benzene rings is 1. The van der Waals surface area contributed by atoms with Crippen LogP contribution in [-0.4, -0.2) is 29.8 Å². The third kappa shape index (κ3) is 4.31. The van der Waals surface area contributed by atoms with Gasteiger partial charge < -0.3 is 14.6 Å². The molecule has 0 saturated heterocycles. The minimum Gasteiger partial charge on any atom is -0.493 e. The maximum absolute atomic E-state index is 5.87. The van der Waals surface area contributed by atoms with Crippen LogP contribution < -0.4 is 10.1 Å². The van der Waals surface area contributed by atoms with E-state index < -0.39 is 0 Å². The molecular weight excluding hydrogens is 278 g/mol. The predicted molar refractivity (Wildman–Crippen MR) is 86.4 cm³/mol. The van der Waals surface area contributed by atoms with Gasteiger partial charge in [0.1, 0.15) is 5.75 Å². The lowest BCUT2D eigenvalue weighted by Crippen LogP contribution is -2.24. The molecule has 2 rings (SSSR count). The molecule has 1 unspecified atom stereocenters. The van der Waals surface area contributed by atoms with Gasteiger partial charge in [-0.3, -0.25) is 0 Å². The molecule has 0 spiro atoms. The number of rotatable bonds is 7. The molecule has 2 aromatic rings. The molecule has 1 aromatic heterocycles. The van der Waals surface area contributed by atoms with Gasteiger partial charge in [-0.05, 0) is 57.5 Å². The average molecular weight is 303 g/mol. The second kappa shape index (κ2) is 7.40. The van der Waals surface area contributed by atoms with E-state index in [9.17, 15) is 0 Å². The van der Waals surface area contributed by atoms with E-state index in [4.69, 9.17) is 9.26 Å². The molecule has 0 aliphatic heterocycles. The summed E-state index contributed by atoms with van der Waals surface area (Å²) < 4.78 is 11.1. The number of nitrogens with one attached hydrogen (secondary N) is 1. The lowest BCUT2D eigenvalue weighted by Gasteiger charge is -2.11. The van der Waals surface area contributed by atoms with Crippen LogP contribution in [-0.2, 0) is 12.8 Å². The van der Waals surface area contributed by atoms with Crippen LogP contribution in [0.4, 0.5) is 0 Å². The summed E-state index contributed by atoms with van der Waals surface area (Å²) in [4.78, 5) is 4.39. The Bertz CT molecular complexity index is 622. The van der Waals surface area contributed by atoms with Crippen LogP contribution in [0.25, 0.3) is 0 Å². The number of aromatic nitrogens is 2. The molecule has 0 fully saturated rings. The Morgan fingerprint density at radius 3 is 2.77 bits per heavy atom. The van der Waals surface area contributed by atoms with Gasteiger partial charge in [-0.1, -0.05) is 11.2 Å². The zero-order valence-electron chi connectivity index (χ0n) is 14.1. The second-order valence-electron chi connectivity index (χ2n) is 5.80. The predicted octanol–water partition coefficient (Wildman–Crippen LogP) is 2.77. The number of hydrogen-bond donors (Lipinski definition) is 1. The third-order valence-corrected chi connectivity index (χ3v) is 3.83. The highest BCUT2D eigenvalue weighted by Crippen LogP contribution is 2.23. The van der Waals surface area contributed by atoms with Crippen molar-refractivity contribution in [2.24, 2.45) is 0 Å². The normalized spacial score (nSPS) is 12.4. The summed E-state index contributed by atoms with van der Waals surface area (Å²) in [6, 6.07) is 4.56. The molecule has 1 N–H and O–H groups in total. The maximum Gasteiger partial charge on any atom is 0.230 e. The van der Waals surface area contributed by atoms with Crippen molar-refractivity contribution < 1.29 is 9.26 Å². The number of ether oxygens (including phenoxy) is 1. The summed E-state index contributed by atoms with van der Waals surface area (Å²) >= 11 is 0. The summed E-state index contributed by atoms with van der Waals surface area (Å²) in [7, 11) is 1.92. The first-order valence-corrected chi connectivity index (χ1v) is 7.69. The Hall–Kier alpha value is -1.88. The molecule has 1 atom stereocenters. The fourth-order valence-corrected chi connectivity index (χ4v) is 2.25. The van der Waals surface area contributed by atoms with Crippen molar-refractivity contribution in [3.05, 3.63) is 40.5 Å². The van der Waals surface area contributed by atoms with Crippen molar-refractivity contribution in [2.45, 2.75) is 46.6 Å². The van der Waals surface area contributed by atoms with E-state index in [2.05, 4.69) is 55.3 Å². The molecule has 0 amide bonds. The summed E-state index contributed by atoms with van der Waals surface area (Å²) in [5.41, 5.74) is 3.63. The zero-order chi connectivity index (χ0) is 16.1. The van der Waals surface area contributed by atoms with E-state index in [0.717, 1.165) is 18.0 Å². The molecule has 1 heterocycles.